The minimum absolute atomic E-state index is 0.000762. The van der Waals surface area contributed by atoms with Crippen molar-refractivity contribution in [1.82, 2.24) is 10.2 Å². The van der Waals surface area contributed by atoms with E-state index in [-0.39, 0.29) is 24.4 Å². The lowest BCUT2D eigenvalue weighted by molar-refractivity contribution is -0.134. The van der Waals surface area contributed by atoms with Gasteiger partial charge < -0.3 is 15.1 Å². The number of carbonyl (C=O) groups is 2. The first-order valence-corrected chi connectivity index (χ1v) is 14.5. The number of sulfonamides is 1. The maximum Gasteiger partial charge on any atom is 0.241 e. The molecule has 1 unspecified atom stereocenters. The van der Waals surface area contributed by atoms with Crippen LogP contribution in [0.25, 0.3) is 0 Å². The van der Waals surface area contributed by atoms with Gasteiger partial charge in [0.05, 0.1) is 5.92 Å². The minimum atomic E-state index is -3.84. The summed E-state index contributed by atoms with van der Waals surface area (Å²) >= 11 is 0. The van der Waals surface area contributed by atoms with Crippen LogP contribution in [0.15, 0.2) is 24.3 Å². The Morgan fingerprint density at radius 3 is 2.24 bits per heavy atom. The van der Waals surface area contributed by atoms with Crippen LogP contribution in [0.4, 0.5) is 11.4 Å². The Hall–Kier alpha value is -2.29. The first-order chi connectivity index (χ1) is 16.4. The van der Waals surface area contributed by atoms with Gasteiger partial charge in [0.1, 0.15) is 5.75 Å². The molecule has 1 aliphatic carbocycles. The summed E-state index contributed by atoms with van der Waals surface area (Å²) in [6, 6.07) is 7.58. The maximum atomic E-state index is 12.8. The number of hydrogen-bond donors (Lipinski definition) is 2. The predicted molar refractivity (Wildman–Crippen MR) is 134 cm³/mol. The van der Waals surface area contributed by atoms with Crippen molar-refractivity contribution in [2.45, 2.75) is 70.3 Å². The van der Waals surface area contributed by atoms with Crippen LogP contribution in [0.1, 0.15) is 64.2 Å². The summed E-state index contributed by atoms with van der Waals surface area (Å²) in [5.41, 5.74) is 1.54. The average Bonchev–Trinajstić information content (AvgIpc) is 2.85. The summed E-state index contributed by atoms with van der Waals surface area (Å²) in [5, 5.41) is 3.15. The number of carbonyl (C=O) groups excluding carboxylic acids is 2. The van der Waals surface area contributed by atoms with Crippen LogP contribution in [0.2, 0.25) is 0 Å². The number of hydrogen-bond acceptors (Lipinski definition) is 5. The molecule has 3 aliphatic rings. The van der Waals surface area contributed by atoms with Crippen LogP contribution in [0, 0.1) is 5.92 Å². The number of nitrogens with one attached hydrogen (secondary N) is 2. The Labute approximate surface area is 203 Å². The topological polar surface area (TPSA) is 98.8 Å². The molecule has 0 bridgehead atoms. The van der Waals surface area contributed by atoms with Crippen LogP contribution in [-0.4, -0.2) is 63.1 Å². The van der Waals surface area contributed by atoms with E-state index in [0.717, 1.165) is 50.9 Å². The zero-order chi connectivity index (χ0) is 24.0. The van der Waals surface area contributed by atoms with Crippen LogP contribution >= 0.6 is 0 Å². The van der Waals surface area contributed by atoms with Crippen LogP contribution in [0.5, 0.6) is 0 Å². The van der Waals surface area contributed by atoms with Gasteiger partial charge in [0.25, 0.3) is 0 Å². The minimum Gasteiger partial charge on any atom is -0.372 e. The number of piperidine rings is 2. The highest BCUT2D eigenvalue weighted by molar-refractivity contribution is 7.93. The Bertz CT molecular complexity index is 938. The van der Waals surface area contributed by atoms with E-state index in [1.165, 1.54) is 30.6 Å². The van der Waals surface area contributed by atoms with Gasteiger partial charge in [-0.05, 0) is 69.2 Å². The summed E-state index contributed by atoms with van der Waals surface area (Å²) < 4.78 is 27.9. The van der Waals surface area contributed by atoms with E-state index in [1.54, 1.807) is 12.1 Å². The van der Waals surface area contributed by atoms with Crippen molar-refractivity contribution in [3.05, 3.63) is 24.3 Å². The molecule has 3 fully saturated rings. The highest BCUT2D eigenvalue weighted by Gasteiger charge is 2.31. The summed E-state index contributed by atoms with van der Waals surface area (Å²) in [5.74, 6) is -1.33. The quantitative estimate of drug-likeness (QED) is 0.612. The zero-order valence-electron chi connectivity index (χ0n) is 20.0. The second-order valence-electron chi connectivity index (χ2n) is 9.98. The van der Waals surface area contributed by atoms with Crippen molar-refractivity contribution in [2.24, 2.45) is 5.92 Å². The Kier molecular flexibility index (Phi) is 8.34. The van der Waals surface area contributed by atoms with E-state index in [9.17, 15) is 18.0 Å². The molecule has 8 nitrogen and oxygen atoms in total. The molecular weight excluding hydrogens is 452 g/mol. The number of likely N-dealkylation sites (tertiary alicyclic amines) is 1. The van der Waals surface area contributed by atoms with Crippen LogP contribution in [-0.2, 0) is 19.6 Å². The molecule has 4 rings (SSSR count). The average molecular weight is 491 g/mol. The van der Waals surface area contributed by atoms with Gasteiger partial charge in [-0.2, -0.15) is 0 Å². The number of rotatable bonds is 7. The second-order valence-corrected chi connectivity index (χ2v) is 11.7. The predicted octanol–water partition coefficient (Wildman–Crippen LogP) is 3.11. The molecule has 2 amide bonds. The van der Waals surface area contributed by atoms with Crippen molar-refractivity contribution >= 4 is 33.2 Å². The highest BCUT2D eigenvalue weighted by atomic mass is 32.2. The summed E-state index contributed by atoms with van der Waals surface area (Å²) in [6.45, 7) is 2.83. The molecule has 2 saturated heterocycles. The Balaban J connectivity index is 1.28. The molecule has 9 heteroatoms. The zero-order valence-corrected chi connectivity index (χ0v) is 20.8. The summed E-state index contributed by atoms with van der Waals surface area (Å²) in [7, 11) is -3.84. The number of nitrogens with zero attached hydrogens (tertiary/aromatic N) is 2. The smallest absolute Gasteiger partial charge is 0.241 e. The van der Waals surface area contributed by atoms with E-state index in [0.29, 0.717) is 18.7 Å². The van der Waals surface area contributed by atoms with Crippen molar-refractivity contribution < 1.29 is 18.0 Å². The Morgan fingerprint density at radius 1 is 0.853 bits per heavy atom. The van der Waals surface area contributed by atoms with Gasteiger partial charge >= 0.3 is 0 Å². The molecule has 1 aromatic rings. The molecule has 1 saturated carbocycles. The molecule has 1 atom stereocenters. The molecule has 0 aromatic heterocycles. The highest BCUT2D eigenvalue weighted by Crippen LogP contribution is 2.23. The lowest BCUT2D eigenvalue weighted by atomic mass is 9.93. The van der Waals surface area contributed by atoms with Crippen molar-refractivity contribution in [3.63, 3.8) is 0 Å². The molecule has 0 spiro atoms. The summed E-state index contributed by atoms with van der Waals surface area (Å²) in [6.07, 6.45) is 10.6. The molecule has 0 radical (unpaired) electrons. The lowest BCUT2D eigenvalue weighted by Crippen LogP contribution is -2.49. The standard InChI is InChI=1S/C25H38N4O4S/c30-24(29-17-7-8-20(18-29)25(31)26-21-9-3-1-4-10-21)19-34(32,33)27-22-11-13-23(14-12-22)28-15-5-2-6-16-28/h11-14,20-21,27H,1-10,15-19H2,(H,26,31). The van der Waals surface area contributed by atoms with Gasteiger partial charge in [-0.3, -0.25) is 14.3 Å². The van der Waals surface area contributed by atoms with Crippen LogP contribution in [0.3, 0.4) is 0 Å². The van der Waals surface area contributed by atoms with E-state index in [2.05, 4.69) is 14.9 Å². The maximum absolute atomic E-state index is 12.8. The fourth-order valence-electron chi connectivity index (χ4n) is 5.35. The molecule has 188 valence electrons. The van der Waals surface area contributed by atoms with Crippen molar-refractivity contribution in [3.8, 4) is 0 Å². The molecule has 2 N–H and O–H groups in total. The molecule has 2 heterocycles. The van der Waals surface area contributed by atoms with Gasteiger partial charge in [0, 0.05) is 43.6 Å². The van der Waals surface area contributed by atoms with Crippen molar-refractivity contribution in [2.75, 3.05) is 41.6 Å². The number of amides is 2. The third-order valence-corrected chi connectivity index (χ3v) is 8.45. The van der Waals surface area contributed by atoms with Crippen LogP contribution < -0.4 is 14.9 Å². The summed E-state index contributed by atoms with van der Waals surface area (Å²) in [4.78, 5) is 29.4. The monoisotopic (exact) mass is 490 g/mol. The third-order valence-electron chi connectivity index (χ3n) is 7.27. The van der Waals surface area contributed by atoms with E-state index in [1.807, 2.05) is 12.1 Å². The van der Waals surface area contributed by atoms with E-state index >= 15 is 0 Å². The van der Waals surface area contributed by atoms with Gasteiger partial charge in [-0.15, -0.1) is 0 Å². The van der Waals surface area contributed by atoms with Gasteiger partial charge in [-0.25, -0.2) is 8.42 Å². The molecular formula is C25H38N4O4S. The van der Waals surface area contributed by atoms with Crippen molar-refractivity contribution in [1.29, 1.82) is 0 Å². The van der Waals surface area contributed by atoms with Gasteiger partial charge in [-0.1, -0.05) is 19.3 Å². The lowest BCUT2D eigenvalue weighted by Gasteiger charge is -2.33. The fraction of sp³-hybridized carbons (Fsp3) is 0.680. The normalized spacial score (nSPS) is 22.3. The largest absolute Gasteiger partial charge is 0.372 e. The second kappa shape index (κ2) is 11.4. The first kappa shape index (κ1) is 24.8. The Morgan fingerprint density at radius 2 is 1.53 bits per heavy atom. The SMILES string of the molecule is O=C(NC1CCCCC1)C1CCCN(C(=O)CS(=O)(=O)Nc2ccc(N3CCCCC3)cc2)C1. The van der Waals surface area contributed by atoms with Gasteiger partial charge in [0.2, 0.25) is 21.8 Å². The molecule has 2 aliphatic heterocycles. The van der Waals surface area contributed by atoms with E-state index < -0.39 is 21.7 Å². The number of benzene rings is 1. The molecule has 34 heavy (non-hydrogen) atoms. The molecule has 1 aromatic carbocycles. The number of anilines is 2. The van der Waals surface area contributed by atoms with E-state index in [4.69, 9.17) is 0 Å². The fourth-order valence-corrected chi connectivity index (χ4v) is 6.42. The van der Waals surface area contributed by atoms with Gasteiger partial charge in [0.15, 0.2) is 0 Å². The third kappa shape index (κ3) is 6.87. The first-order valence-electron chi connectivity index (χ1n) is 12.8.